The minimum atomic E-state index is -3.27. The SMILES string of the molecule is C=C(c1c[nH]c2ccc(CS(=O)(=O)NC)cc12)[C@H]1CCCN1C. The van der Waals surface area contributed by atoms with Gasteiger partial charge in [-0.05, 0) is 56.8 Å². The first-order chi connectivity index (χ1) is 10.9. The molecule has 3 rings (SSSR count). The van der Waals surface area contributed by atoms with Crippen molar-refractivity contribution in [3.8, 4) is 0 Å². The molecule has 0 saturated carbocycles. The minimum Gasteiger partial charge on any atom is -0.361 e. The number of fused-ring (bicyclic) bond motifs is 1. The van der Waals surface area contributed by atoms with Crippen LogP contribution >= 0.6 is 0 Å². The Morgan fingerprint density at radius 3 is 2.91 bits per heavy atom. The third-order valence-corrected chi connectivity index (χ3v) is 6.02. The van der Waals surface area contributed by atoms with Gasteiger partial charge in [0.05, 0.1) is 5.75 Å². The number of H-pyrrole nitrogens is 1. The second kappa shape index (κ2) is 6.11. The van der Waals surface area contributed by atoms with E-state index < -0.39 is 10.0 Å². The Kier molecular flexibility index (Phi) is 4.31. The summed E-state index contributed by atoms with van der Waals surface area (Å²) in [5.74, 6) is -0.0140. The lowest BCUT2D eigenvalue weighted by Crippen LogP contribution is -2.25. The van der Waals surface area contributed by atoms with Crippen molar-refractivity contribution in [2.75, 3.05) is 20.6 Å². The van der Waals surface area contributed by atoms with Crippen molar-refractivity contribution >= 4 is 26.5 Å². The zero-order valence-corrected chi connectivity index (χ0v) is 14.4. The smallest absolute Gasteiger partial charge is 0.215 e. The molecule has 0 aliphatic carbocycles. The number of rotatable bonds is 5. The predicted octanol–water partition coefficient (Wildman–Crippen LogP) is 2.32. The summed E-state index contributed by atoms with van der Waals surface area (Å²) in [6.07, 6.45) is 4.29. The number of hydrogen-bond donors (Lipinski definition) is 2. The molecular weight excluding hydrogens is 310 g/mol. The highest BCUT2D eigenvalue weighted by molar-refractivity contribution is 7.88. The summed E-state index contributed by atoms with van der Waals surface area (Å²) >= 11 is 0. The Morgan fingerprint density at radius 2 is 2.26 bits per heavy atom. The normalized spacial score (nSPS) is 19.5. The van der Waals surface area contributed by atoms with Crippen molar-refractivity contribution < 1.29 is 8.42 Å². The van der Waals surface area contributed by atoms with Crippen LogP contribution in [-0.2, 0) is 15.8 Å². The van der Waals surface area contributed by atoms with Crippen molar-refractivity contribution in [2.24, 2.45) is 0 Å². The third kappa shape index (κ3) is 3.20. The van der Waals surface area contributed by atoms with Gasteiger partial charge in [-0.2, -0.15) is 0 Å². The molecule has 0 radical (unpaired) electrons. The molecule has 2 N–H and O–H groups in total. The first-order valence-electron chi connectivity index (χ1n) is 7.82. The maximum atomic E-state index is 11.8. The van der Waals surface area contributed by atoms with Gasteiger partial charge in [-0.15, -0.1) is 0 Å². The zero-order chi connectivity index (χ0) is 16.6. The maximum Gasteiger partial charge on any atom is 0.215 e. The monoisotopic (exact) mass is 333 g/mol. The predicted molar refractivity (Wildman–Crippen MR) is 94.7 cm³/mol. The Bertz CT molecular complexity index is 839. The number of aromatic amines is 1. The molecule has 0 amide bonds. The maximum absolute atomic E-state index is 11.8. The van der Waals surface area contributed by atoms with E-state index in [2.05, 4.69) is 28.2 Å². The molecule has 2 heterocycles. The van der Waals surface area contributed by atoms with Gasteiger partial charge in [0, 0.05) is 28.7 Å². The summed E-state index contributed by atoms with van der Waals surface area (Å²) in [4.78, 5) is 5.60. The van der Waals surface area contributed by atoms with Gasteiger partial charge in [-0.3, -0.25) is 4.90 Å². The molecule has 2 aromatic rings. The summed E-state index contributed by atoms with van der Waals surface area (Å²) in [6.45, 7) is 5.40. The summed E-state index contributed by atoms with van der Waals surface area (Å²) in [5.41, 5.74) is 3.97. The van der Waals surface area contributed by atoms with Crippen LogP contribution in [-0.4, -0.2) is 45.0 Å². The number of sulfonamides is 1. The Morgan fingerprint density at radius 1 is 1.48 bits per heavy atom. The number of nitrogens with one attached hydrogen (secondary N) is 2. The minimum absolute atomic E-state index is 0.0140. The molecule has 0 unspecified atom stereocenters. The van der Waals surface area contributed by atoms with Crippen LogP contribution in [0.15, 0.2) is 31.0 Å². The molecule has 0 spiro atoms. The van der Waals surface area contributed by atoms with E-state index in [1.165, 1.54) is 13.5 Å². The van der Waals surface area contributed by atoms with Gasteiger partial charge in [0.1, 0.15) is 0 Å². The van der Waals surface area contributed by atoms with Crippen molar-refractivity contribution in [3.63, 3.8) is 0 Å². The highest BCUT2D eigenvalue weighted by Crippen LogP contribution is 2.32. The van der Waals surface area contributed by atoms with Gasteiger partial charge >= 0.3 is 0 Å². The molecule has 1 aliphatic heterocycles. The van der Waals surface area contributed by atoms with Crippen LogP contribution < -0.4 is 4.72 Å². The van der Waals surface area contributed by atoms with E-state index in [0.29, 0.717) is 6.04 Å². The topological polar surface area (TPSA) is 65.2 Å². The standard InChI is InChI=1S/C17H23N3O2S/c1-12(17-5-4-8-20(17)3)15-10-19-16-7-6-13(9-14(15)16)11-23(21,22)18-2/h6-7,9-10,17-19H,1,4-5,8,11H2,2-3H3/t17-/m1/s1. The van der Waals surface area contributed by atoms with Crippen LogP contribution in [0.5, 0.6) is 0 Å². The highest BCUT2D eigenvalue weighted by Gasteiger charge is 2.25. The molecule has 124 valence electrons. The Hall–Kier alpha value is -1.63. The van der Waals surface area contributed by atoms with Gasteiger partial charge < -0.3 is 4.98 Å². The summed E-state index contributed by atoms with van der Waals surface area (Å²) in [7, 11) is 0.293. The van der Waals surface area contributed by atoms with Gasteiger partial charge in [-0.1, -0.05) is 12.6 Å². The first kappa shape index (κ1) is 16.2. The lowest BCUT2D eigenvalue weighted by atomic mass is 9.97. The van der Waals surface area contributed by atoms with E-state index in [1.807, 2.05) is 24.4 Å². The van der Waals surface area contributed by atoms with Crippen molar-refractivity contribution in [1.29, 1.82) is 0 Å². The summed E-state index contributed by atoms with van der Waals surface area (Å²) < 4.78 is 25.9. The van der Waals surface area contributed by atoms with Crippen LogP contribution in [0.25, 0.3) is 16.5 Å². The lowest BCUT2D eigenvalue weighted by Gasteiger charge is -2.21. The molecule has 1 fully saturated rings. The van der Waals surface area contributed by atoms with Crippen LogP contribution in [0.1, 0.15) is 24.0 Å². The van der Waals surface area contributed by atoms with Crippen LogP contribution in [0.2, 0.25) is 0 Å². The molecule has 1 aromatic heterocycles. The van der Waals surface area contributed by atoms with Crippen molar-refractivity contribution in [3.05, 3.63) is 42.1 Å². The number of likely N-dealkylation sites (tertiary alicyclic amines) is 1. The fourth-order valence-corrected chi connectivity index (χ4v) is 4.11. The van der Waals surface area contributed by atoms with Crippen molar-refractivity contribution in [2.45, 2.75) is 24.6 Å². The average Bonchev–Trinajstić information content (AvgIpc) is 3.12. The largest absolute Gasteiger partial charge is 0.361 e. The van der Waals surface area contributed by atoms with Gasteiger partial charge in [-0.25, -0.2) is 13.1 Å². The highest BCUT2D eigenvalue weighted by atomic mass is 32.2. The van der Waals surface area contributed by atoms with Crippen molar-refractivity contribution in [1.82, 2.24) is 14.6 Å². The van der Waals surface area contributed by atoms with E-state index in [9.17, 15) is 8.42 Å². The molecule has 6 heteroatoms. The second-order valence-corrected chi connectivity index (χ2v) is 8.14. The fourth-order valence-electron chi connectivity index (χ4n) is 3.34. The fraction of sp³-hybridized carbons (Fsp3) is 0.412. The average molecular weight is 333 g/mol. The molecule has 1 saturated heterocycles. The number of nitrogens with zero attached hydrogens (tertiary/aromatic N) is 1. The Balaban J connectivity index is 1.97. The van der Waals surface area contributed by atoms with Crippen LogP contribution in [0.3, 0.4) is 0 Å². The summed E-state index contributed by atoms with van der Waals surface area (Å²) in [5, 5.41) is 1.04. The van der Waals surface area contributed by atoms with E-state index in [1.54, 1.807) is 0 Å². The quantitative estimate of drug-likeness (QED) is 0.882. The van der Waals surface area contributed by atoms with E-state index in [-0.39, 0.29) is 5.75 Å². The lowest BCUT2D eigenvalue weighted by molar-refractivity contribution is 0.365. The summed E-state index contributed by atoms with van der Waals surface area (Å²) in [6, 6.07) is 6.10. The first-order valence-corrected chi connectivity index (χ1v) is 9.47. The molecule has 1 aromatic carbocycles. The number of hydrogen-bond acceptors (Lipinski definition) is 3. The zero-order valence-electron chi connectivity index (χ0n) is 13.6. The molecule has 0 bridgehead atoms. The van der Waals surface area contributed by atoms with E-state index in [4.69, 9.17) is 0 Å². The number of benzene rings is 1. The molecule has 1 atom stereocenters. The second-order valence-electron chi connectivity index (χ2n) is 6.21. The molecule has 23 heavy (non-hydrogen) atoms. The molecule has 5 nitrogen and oxygen atoms in total. The molecular formula is C17H23N3O2S. The van der Waals surface area contributed by atoms with E-state index in [0.717, 1.165) is 40.6 Å². The number of likely N-dealkylation sites (N-methyl/N-ethyl adjacent to an activating group) is 1. The van der Waals surface area contributed by atoms with E-state index >= 15 is 0 Å². The van der Waals surface area contributed by atoms with Crippen LogP contribution in [0.4, 0.5) is 0 Å². The van der Waals surface area contributed by atoms with Crippen LogP contribution in [0, 0.1) is 0 Å². The Labute approximate surface area is 137 Å². The molecule has 1 aliphatic rings. The van der Waals surface area contributed by atoms with Gasteiger partial charge in [0.2, 0.25) is 10.0 Å². The van der Waals surface area contributed by atoms with Gasteiger partial charge in [0.15, 0.2) is 0 Å². The number of aromatic nitrogens is 1. The third-order valence-electron chi connectivity index (χ3n) is 4.68. The van der Waals surface area contributed by atoms with Gasteiger partial charge in [0.25, 0.3) is 0 Å².